The molecule has 1 aliphatic carbocycles. The number of ether oxygens (including phenoxy) is 1. The maximum atomic E-state index is 12.3. The van der Waals surface area contributed by atoms with Gasteiger partial charge in [-0.1, -0.05) is 11.6 Å². The number of nitrogens with zero attached hydrogens (tertiary/aromatic N) is 2. The molecule has 5 heteroatoms. The second-order valence-corrected chi connectivity index (χ2v) is 4.49. The summed E-state index contributed by atoms with van der Waals surface area (Å²) in [6, 6.07) is 1.98. The van der Waals surface area contributed by atoms with E-state index in [0.717, 1.165) is 12.8 Å². The van der Waals surface area contributed by atoms with Crippen molar-refractivity contribution in [1.29, 1.82) is 0 Å². The number of aromatic nitrogens is 1. The molecule has 1 heterocycles. The molecule has 1 fully saturated rings. The molecule has 4 nitrogen and oxygen atoms in total. The first kappa shape index (κ1) is 12.3. The Morgan fingerprint density at radius 1 is 1.65 bits per heavy atom. The Morgan fingerprint density at radius 2 is 2.41 bits per heavy atom. The van der Waals surface area contributed by atoms with E-state index in [0.29, 0.717) is 29.8 Å². The van der Waals surface area contributed by atoms with Crippen molar-refractivity contribution in [3.05, 3.63) is 29.0 Å². The van der Waals surface area contributed by atoms with Crippen molar-refractivity contribution in [3.8, 4) is 0 Å². The van der Waals surface area contributed by atoms with Crippen molar-refractivity contribution in [2.75, 3.05) is 20.3 Å². The van der Waals surface area contributed by atoms with Crippen LogP contribution in [0.4, 0.5) is 0 Å². The van der Waals surface area contributed by atoms with Gasteiger partial charge in [0.15, 0.2) is 0 Å². The summed E-state index contributed by atoms with van der Waals surface area (Å²) < 4.78 is 5.02. The average molecular weight is 255 g/mol. The standard InChI is InChI=1S/C12H15ClN2O2/c1-17-7-6-15(9-2-3-9)12(16)10-8-14-5-4-11(10)13/h4-5,8-9H,2-3,6-7H2,1H3. The van der Waals surface area contributed by atoms with Gasteiger partial charge >= 0.3 is 0 Å². The fourth-order valence-electron chi connectivity index (χ4n) is 1.72. The zero-order valence-electron chi connectivity index (χ0n) is 9.73. The van der Waals surface area contributed by atoms with Gasteiger partial charge in [0.2, 0.25) is 0 Å². The van der Waals surface area contributed by atoms with Gasteiger partial charge in [-0.3, -0.25) is 9.78 Å². The van der Waals surface area contributed by atoms with Crippen LogP contribution in [0.2, 0.25) is 5.02 Å². The lowest BCUT2D eigenvalue weighted by molar-refractivity contribution is 0.0680. The summed E-state index contributed by atoms with van der Waals surface area (Å²) in [6.45, 7) is 1.14. The van der Waals surface area contributed by atoms with Gasteiger partial charge < -0.3 is 9.64 Å². The highest BCUT2D eigenvalue weighted by Crippen LogP contribution is 2.29. The van der Waals surface area contributed by atoms with Crippen LogP contribution in [-0.4, -0.2) is 42.1 Å². The lowest BCUT2D eigenvalue weighted by atomic mass is 10.2. The van der Waals surface area contributed by atoms with Crippen LogP contribution in [0.5, 0.6) is 0 Å². The summed E-state index contributed by atoms with van der Waals surface area (Å²) in [7, 11) is 1.63. The van der Waals surface area contributed by atoms with E-state index < -0.39 is 0 Å². The highest BCUT2D eigenvalue weighted by atomic mass is 35.5. The van der Waals surface area contributed by atoms with Crippen molar-refractivity contribution in [1.82, 2.24) is 9.88 Å². The Morgan fingerprint density at radius 3 is 3.00 bits per heavy atom. The van der Waals surface area contributed by atoms with Crippen LogP contribution in [0.15, 0.2) is 18.5 Å². The minimum absolute atomic E-state index is 0.0531. The molecule has 0 N–H and O–H groups in total. The first-order chi connectivity index (χ1) is 8.24. The van der Waals surface area contributed by atoms with Gasteiger partial charge in [-0.25, -0.2) is 0 Å². The number of halogens is 1. The van der Waals surface area contributed by atoms with Crippen molar-refractivity contribution in [2.45, 2.75) is 18.9 Å². The Balaban J connectivity index is 2.13. The van der Waals surface area contributed by atoms with Crippen molar-refractivity contribution in [2.24, 2.45) is 0 Å². The third kappa shape index (κ3) is 2.96. The highest BCUT2D eigenvalue weighted by molar-refractivity contribution is 6.33. The molecule has 0 bridgehead atoms. The molecule has 1 aromatic rings. The summed E-state index contributed by atoms with van der Waals surface area (Å²) in [5, 5.41) is 0.452. The zero-order chi connectivity index (χ0) is 12.3. The van der Waals surface area contributed by atoms with Crippen LogP contribution in [0.1, 0.15) is 23.2 Å². The van der Waals surface area contributed by atoms with Crippen LogP contribution in [0.3, 0.4) is 0 Å². The number of carbonyl (C=O) groups is 1. The molecule has 0 saturated heterocycles. The molecule has 0 spiro atoms. The predicted molar refractivity (Wildman–Crippen MR) is 65.2 cm³/mol. The normalized spacial score (nSPS) is 14.7. The van der Waals surface area contributed by atoms with Gasteiger partial charge in [0.05, 0.1) is 17.2 Å². The molecule has 2 rings (SSSR count). The van der Waals surface area contributed by atoms with Crippen LogP contribution in [0.25, 0.3) is 0 Å². The summed E-state index contributed by atoms with van der Waals surface area (Å²) in [5.74, 6) is -0.0531. The summed E-state index contributed by atoms with van der Waals surface area (Å²) >= 11 is 6.00. The predicted octanol–water partition coefficient (Wildman–Crippen LogP) is 1.99. The Bertz CT molecular complexity index is 407. The quantitative estimate of drug-likeness (QED) is 0.807. The maximum absolute atomic E-state index is 12.3. The molecular formula is C12H15ClN2O2. The van der Waals surface area contributed by atoms with E-state index in [1.165, 1.54) is 6.20 Å². The van der Waals surface area contributed by atoms with E-state index in [1.54, 1.807) is 19.4 Å². The molecule has 0 atom stereocenters. The van der Waals surface area contributed by atoms with E-state index in [2.05, 4.69) is 4.98 Å². The SMILES string of the molecule is COCCN(C(=O)c1cnccc1Cl)C1CC1. The monoisotopic (exact) mass is 254 g/mol. The number of rotatable bonds is 5. The molecule has 0 radical (unpaired) electrons. The first-order valence-corrected chi connectivity index (χ1v) is 6.01. The molecule has 1 amide bonds. The lowest BCUT2D eigenvalue weighted by Crippen LogP contribution is -2.36. The van der Waals surface area contributed by atoms with Gasteiger partial charge in [0.25, 0.3) is 5.91 Å². The van der Waals surface area contributed by atoms with E-state index in [9.17, 15) is 4.79 Å². The van der Waals surface area contributed by atoms with Crippen molar-refractivity contribution >= 4 is 17.5 Å². The highest BCUT2D eigenvalue weighted by Gasteiger charge is 2.33. The molecule has 92 valence electrons. The second kappa shape index (κ2) is 5.47. The topological polar surface area (TPSA) is 42.4 Å². The van der Waals surface area contributed by atoms with Crippen LogP contribution in [0, 0.1) is 0 Å². The Kier molecular flexibility index (Phi) is 3.97. The number of hydrogen-bond acceptors (Lipinski definition) is 3. The number of carbonyl (C=O) groups excluding carboxylic acids is 1. The second-order valence-electron chi connectivity index (χ2n) is 4.08. The van der Waals surface area contributed by atoms with Crippen LogP contribution < -0.4 is 0 Å². The van der Waals surface area contributed by atoms with E-state index >= 15 is 0 Å². The molecule has 17 heavy (non-hydrogen) atoms. The van der Waals surface area contributed by atoms with Crippen LogP contribution >= 0.6 is 11.6 Å². The third-order valence-corrected chi connectivity index (χ3v) is 3.11. The molecule has 0 aromatic carbocycles. The summed E-state index contributed by atoms with van der Waals surface area (Å²) in [5.41, 5.74) is 0.470. The number of amides is 1. The minimum atomic E-state index is -0.0531. The minimum Gasteiger partial charge on any atom is -0.383 e. The van der Waals surface area contributed by atoms with Crippen LogP contribution in [-0.2, 0) is 4.74 Å². The molecule has 1 aliphatic rings. The maximum Gasteiger partial charge on any atom is 0.257 e. The molecule has 1 saturated carbocycles. The number of pyridine rings is 1. The average Bonchev–Trinajstić information content (AvgIpc) is 3.14. The Hall–Kier alpha value is -1.13. The smallest absolute Gasteiger partial charge is 0.257 e. The third-order valence-electron chi connectivity index (χ3n) is 2.78. The van der Waals surface area contributed by atoms with E-state index in [4.69, 9.17) is 16.3 Å². The fraction of sp³-hybridized carbons (Fsp3) is 0.500. The van der Waals surface area contributed by atoms with Gasteiger partial charge in [-0.2, -0.15) is 0 Å². The lowest BCUT2D eigenvalue weighted by Gasteiger charge is -2.22. The largest absolute Gasteiger partial charge is 0.383 e. The molecular weight excluding hydrogens is 240 g/mol. The molecule has 0 aliphatic heterocycles. The number of methoxy groups -OCH3 is 1. The van der Waals surface area contributed by atoms with E-state index in [-0.39, 0.29) is 5.91 Å². The van der Waals surface area contributed by atoms with Gasteiger partial charge in [0, 0.05) is 32.1 Å². The fourth-order valence-corrected chi connectivity index (χ4v) is 1.90. The van der Waals surface area contributed by atoms with Gasteiger partial charge in [0.1, 0.15) is 0 Å². The van der Waals surface area contributed by atoms with E-state index in [1.807, 2.05) is 4.90 Å². The van der Waals surface area contributed by atoms with Crippen molar-refractivity contribution in [3.63, 3.8) is 0 Å². The molecule has 1 aromatic heterocycles. The Labute approximate surface area is 106 Å². The van der Waals surface area contributed by atoms with Gasteiger partial charge in [-0.05, 0) is 18.9 Å². The first-order valence-electron chi connectivity index (χ1n) is 5.63. The van der Waals surface area contributed by atoms with Gasteiger partial charge in [-0.15, -0.1) is 0 Å². The zero-order valence-corrected chi connectivity index (χ0v) is 10.5. The summed E-state index contributed by atoms with van der Waals surface area (Å²) in [4.78, 5) is 18.1. The summed E-state index contributed by atoms with van der Waals surface area (Å²) in [6.07, 6.45) is 5.23. The van der Waals surface area contributed by atoms with Crippen molar-refractivity contribution < 1.29 is 9.53 Å². The number of hydrogen-bond donors (Lipinski definition) is 0. The molecule has 0 unspecified atom stereocenters.